The lowest BCUT2D eigenvalue weighted by Gasteiger charge is -2.56. The minimum absolute atomic E-state index is 0.613. The second-order valence-electron chi connectivity index (χ2n) is 8.17. The van der Waals surface area contributed by atoms with Gasteiger partial charge in [0.05, 0.1) is 6.07 Å². The van der Waals surface area contributed by atoms with Gasteiger partial charge in [0, 0.05) is 16.6 Å². The van der Waals surface area contributed by atoms with Crippen molar-refractivity contribution in [3.8, 4) is 6.07 Å². The van der Waals surface area contributed by atoms with Crippen LogP contribution in [-0.4, -0.2) is 28.8 Å². The van der Waals surface area contributed by atoms with Gasteiger partial charge in [-0.25, -0.2) is 4.99 Å². The van der Waals surface area contributed by atoms with Gasteiger partial charge in [0.15, 0.2) is 5.41 Å². The average molecular weight is 398 g/mol. The van der Waals surface area contributed by atoms with Crippen molar-refractivity contribution in [1.82, 2.24) is 0 Å². The van der Waals surface area contributed by atoms with E-state index in [9.17, 15) is 31.6 Å². The van der Waals surface area contributed by atoms with Crippen LogP contribution in [-0.2, 0) is 0 Å². The number of allylic oxidation sites excluding steroid dienone is 1. The van der Waals surface area contributed by atoms with E-state index in [0.717, 1.165) is 12.5 Å². The molecule has 1 fully saturated rings. The van der Waals surface area contributed by atoms with Gasteiger partial charge in [-0.1, -0.05) is 34.1 Å². The summed E-state index contributed by atoms with van der Waals surface area (Å²) in [7, 11) is 0. The Morgan fingerprint density at radius 1 is 1.04 bits per heavy atom. The van der Waals surface area contributed by atoms with Crippen molar-refractivity contribution in [3.05, 3.63) is 5.57 Å². The first-order valence-electron chi connectivity index (χ1n) is 8.11. The Morgan fingerprint density at radius 3 is 1.92 bits per heavy atom. The second-order valence-corrected chi connectivity index (χ2v) is 9.33. The molecule has 1 spiro atoms. The van der Waals surface area contributed by atoms with Crippen LogP contribution in [0.3, 0.4) is 0 Å². The van der Waals surface area contributed by atoms with Gasteiger partial charge in [-0.2, -0.15) is 31.6 Å². The summed E-state index contributed by atoms with van der Waals surface area (Å²) in [6.07, 6.45) is -8.72. The molecule has 1 aliphatic heterocycles. The molecule has 9 heteroatoms. The van der Waals surface area contributed by atoms with E-state index >= 15 is 0 Å². The Labute approximate surface area is 152 Å². The molecule has 0 radical (unpaired) electrons. The molecule has 0 aromatic heterocycles. The lowest BCUT2D eigenvalue weighted by atomic mass is 9.61. The third-order valence-electron chi connectivity index (χ3n) is 5.65. The number of hydrogen-bond donors (Lipinski definition) is 0. The summed E-state index contributed by atoms with van der Waals surface area (Å²) in [5, 5.41) is 9.20. The molecule has 0 N–H and O–H groups in total. The van der Waals surface area contributed by atoms with Crippen LogP contribution in [0, 0.1) is 27.6 Å². The average Bonchev–Trinajstić information content (AvgIpc) is 2.63. The summed E-state index contributed by atoms with van der Waals surface area (Å²) in [5.74, 6) is 0.631. The molecule has 0 amide bonds. The molecule has 0 aromatic carbocycles. The van der Waals surface area contributed by atoms with Crippen LogP contribution >= 0.6 is 11.8 Å². The fourth-order valence-corrected chi connectivity index (χ4v) is 6.04. The zero-order valence-electron chi connectivity index (χ0n) is 14.9. The molecule has 0 saturated heterocycles. The number of rotatable bonds is 0. The largest absolute Gasteiger partial charge is 0.423 e. The van der Waals surface area contributed by atoms with E-state index in [0.29, 0.717) is 24.6 Å². The van der Waals surface area contributed by atoms with Gasteiger partial charge >= 0.3 is 12.4 Å². The zero-order chi connectivity index (χ0) is 20.2. The molecule has 0 bridgehead atoms. The second kappa shape index (κ2) is 5.93. The van der Waals surface area contributed by atoms with Crippen LogP contribution in [0.1, 0.15) is 47.0 Å². The molecule has 1 aliphatic carbocycles. The van der Waals surface area contributed by atoms with Crippen molar-refractivity contribution in [1.29, 1.82) is 5.26 Å². The van der Waals surface area contributed by atoms with Crippen molar-refractivity contribution in [3.63, 3.8) is 0 Å². The number of thioether (sulfide) groups is 1. The van der Waals surface area contributed by atoms with Crippen molar-refractivity contribution < 1.29 is 26.3 Å². The fourth-order valence-electron chi connectivity index (χ4n) is 4.15. The van der Waals surface area contributed by atoms with E-state index < -0.39 is 44.8 Å². The molecule has 26 heavy (non-hydrogen) atoms. The Hall–Kier alpha value is -1.13. The first kappa shape index (κ1) is 21.2. The van der Waals surface area contributed by atoms with Crippen LogP contribution in [0.15, 0.2) is 10.6 Å². The van der Waals surface area contributed by atoms with Gasteiger partial charge in [0.2, 0.25) is 0 Å². The van der Waals surface area contributed by atoms with Gasteiger partial charge in [-0.05, 0) is 18.7 Å². The summed E-state index contributed by atoms with van der Waals surface area (Å²) in [4.78, 5) is 2.79. The standard InChI is InChI=1S/C17H20F6N2S/c1-12(2)6-5-7-13(3,4)16(12)25-8-11(15(18,19)20)14(9-24,10-26-16)17(21,22)23/h5-7,10H2,1-4H3/t14-/m0/s1. The minimum atomic E-state index is -5.39. The molecular formula is C17H20F6N2S. The maximum Gasteiger partial charge on any atom is 0.423 e. The SMILES string of the molecule is CC1(C)CCCC(C)(C)C12N=C=C(C(F)(F)F)[C@@](C#N)(C(F)(F)F)CS2. The van der Waals surface area contributed by atoms with Crippen LogP contribution < -0.4 is 0 Å². The highest BCUT2D eigenvalue weighted by molar-refractivity contribution is 8.00. The summed E-state index contributed by atoms with van der Waals surface area (Å²) < 4.78 is 81.3. The molecule has 2 nitrogen and oxygen atoms in total. The topological polar surface area (TPSA) is 36.1 Å². The van der Waals surface area contributed by atoms with Crippen LogP contribution in [0.5, 0.6) is 0 Å². The molecular weight excluding hydrogens is 378 g/mol. The molecule has 1 atom stereocenters. The van der Waals surface area contributed by atoms with E-state index in [1.54, 1.807) is 33.6 Å². The lowest BCUT2D eigenvalue weighted by molar-refractivity contribution is -0.202. The molecule has 1 saturated carbocycles. The maximum absolute atomic E-state index is 13.7. The molecule has 0 aromatic rings. The summed E-state index contributed by atoms with van der Waals surface area (Å²) in [6, 6.07) is 0.905. The third kappa shape index (κ3) is 2.86. The van der Waals surface area contributed by atoms with E-state index in [-0.39, 0.29) is 0 Å². The number of halogens is 6. The lowest BCUT2D eigenvalue weighted by Crippen LogP contribution is -2.55. The quantitative estimate of drug-likeness (QED) is 0.477. The smallest absolute Gasteiger partial charge is 0.224 e. The summed E-state index contributed by atoms with van der Waals surface area (Å²) in [6.45, 7) is 7.19. The van der Waals surface area contributed by atoms with Crippen molar-refractivity contribution in [2.24, 2.45) is 21.2 Å². The molecule has 1 heterocycles. The molecule has 146 valence electrons. The number of nitrogens with zero attached hydrogens (tertiary/aromatic N) is 2. The highest BCUT2D eigenvalue weighted by Gasteiger charge is 2.68. The number of hydrogen-bond acceptors (Lipinski definition) is 3. The number of alkyl halides is 6. The third-order valence-corrected chi connectivity index (χ3v) is 7.84. The molecule has 2 rings (SSSR count). The number of nitriles is 1. The van der Waals surface area contributed by atoms with Crippen LogP contribution in [0.4, 0.5) is 26.3 Å². The Morgan fingerprint density at radius 2 is 1.54 bits per heavy atom. The first-order valence-corrected chi connectivity index (χ1v) is 9.09. The van der Waals surface area contributed by atoms with Crippen molar-refractivity contribution in [2.45, 2.75) is 64.2 Å². The van der Waals surface area contributed by atoms with E-state index in [2.05, 4.69) is 4.99 Å². The van der Waals surface area contributed by atoms with Crippen molar-refractivity contribution >= 4 is 17.6 Å². The normalized spacial score (nSPS) is 30.4. The highest BCUT2D eigenvalue weighted by Crippen LogP contribution is 2.64. The van der Waals surface area contributed by atoms with Gasteiger partial charge in [0.1, 0.15) is 10.4 Å². The molecule has 0 unspecified atom stereocenters. The Kier molecular flexibility index (Phi) is 4.83. The summed E-state index contributed by atoms with van der Waals surface area (Å²) >= 11 is 0.707. The maximum atomic E-state index is 13.7. The number of aliphatic imine (C=N–C) groups is 1. The predicted molar refractivity (Wildman–Crippen MR) is 87.7 cm³/mol. The fraction of sp³-hybridized carbons (Fsp3) is 0.824. The zero-order valence-corrected chi connectivity index (χ0v) is 15.7. The highest BCUT2D eigenvalue weighted by atomic mass is 32.2. The van der Waals surface area contributed by atoms with Gasteiger partial charge < -0.3 is 0 Å². The first-order chi connectivity index (χ1) is 11.6. The van der Waals surface area contributed by atoms with E-state index in [1.165, 1.54) is 0 Å². The van der Waals surface area contributed by atoms with E-state index in [4.69, 9.17) is 0 Å². The van der Waals surface area contributed by atoms with Crippen LogP contribution in [0.2, 0.25) is 0 Å². The van der Waals surface area contributed by atoms with Crippen LogP contribution in [0.25, 0.3) is 0 Å². The van der Waals surface area contributed by atoms with E-state index in [1.807, 2.05) is 0 Å². The Balaban J connectivity index is 2.80. The van der Waals surface area contributed by atoms with Gasteiger partial charge in [-0.3, -0.25) is 0 Å². The van der Waals surface area contributed by atoms with Gasteiger partial charge in [0.25, 0.3) is 0 Å². The summed E-state index contributed by atoms with van der Waals surface area (Å²) in [5.41, 5.74) is -7.05. The monoisotopic (exact) mass is 398 g/mol. The Bertz CT molecular complexity index is 676. The van der Waals surface area contributed by atoms with Gasteiger partial charge in [-0.15, -0.1) is 11.8 Å². The predicted octanol–water partition coefficient (Wildman–Crippen LogP) is 5.90. The van der Waals surface area contributed by atoms with Crippen molar-refractivity contribution in [2.75, 3.05) is 5.75 Å². The molecule has 2 aliphatic rings. The minimum Gasteiger partial charge on any atom is -0.224 e.